The molecule has 1 fully saturated rings. The van der Waals surface area contributed by atoms with E-state index in [4.69, 9.17) is 9.16 Å². The van der Waals surface area contributed by atoms with Gasteiger partial charge in [-0.1, -0.05) is 6.07 Å². The maximum absolute atomic E-state index is 12.0. The maximum Gasteiger partial charge on any atom is 0.311 e. The normalized spacial score (nSPS) is 21.8. The molecule has 0 spiro atoms. The van der Waals surface area contributed by atoms with Crippen molar-refractivity contribution in [2.24, 2.45) is 5.92 Å². The maximum atomic E-state index is 12.0. The Hall–Kier alpha value is -1.20. The number of rotatable bonds is 4. The summed E-state index contributed by atoms with van der Waals surface area (Å²) in [6.45, 7) is 6.92. The number of aromatic nitrogens is 1. The molecule has 0 radical (unpaired) electrons. The van der Waals surface area contributed by atoms with Crippen molar-refractivity contribution in [2.75, 3.05) is 6.61 Å². The average molecular weight is 279 g/mol. The minimum absolute atomic E-state index is 0.140. The number of nitrogens with zero attached hydrogens (tertiary/aromatic N) is 1. The molecular formula is C14H21NO3Si. The van der Waals surface area contributed by atoms with Crippen molar-refractivity contribution < 1.29 is 14.0 Å². The van der Waals surface area contributed by atoms with Crippen molar-refractivity contribution in [1.82, 2.24) is 4.98 Å². The van der Waals surface area contributed by atoms with Crippen LogP contribution in [-0.2, 0) is 14.0 Å². The van der Waals surface area contributed by atoms with Gasteiger partial charge in [0, 0.05) is 12.4 Å². The van der Waals surface area contributed by atoms with Gasteiger partial charge in [-0.25, -0.2) is 0 Å². The predicted octanol–water partition coefficient (Wildman–Crippen LogP) is 2.93. The standard InChI is InChI=1S/C14H21NO3Si/c1-19(2,3)18-13(11-6-4-8-15-10-11)12-7-5-9-17-14(12)16/h4,6,8,10,12-13H,5,7,9H2,1-3H3. The van der Waals surface area contributed by atoms with Gasteiger partial charge in [0.15, 0.2) is 8.32 Å². The van der Waals surface area contributed by atoms with Crippen molar-refractivity contribution in [3.63, 3.8) is 0 Å². The highest BCUT2D eigenvalue weighted by atomic mass is 28.4. The van der Waals surface area contributed by atoms with Crippen LogP contribution in [0.15, 0.2) is 24.5 Å². The first-order chi connectivity index (χ1) is 8.97. The van der Waals surface area contributed by atoms with Crippen LogP contribution in [0.5, 0.6) is 0 Å². The molecular weight excluding hydrogens is 258 g/mol. The molecule has 2 atom stereocenters. The minimum Gasteiger partial charge on any atom is -0.465 e. The molecule has 2 unspecified atom stereocenters. The number of esters is 1. The average Bonchev–Trinajstić information content (AvgIpc) is 2.37. The van der Waals surface area contributed by atoms with Gasteiger partial charge in [0.25, 0.3) is 0 Å². The summed E-state index contributed by atoms with van der Waals surface area (Å²) in [5, 5.41) is 0. The molecule has 2 heterocycles. The van der Waals surface area contributed by atoms with E-state index < -0.39 is 8.32 Å². The molecule has 0 saturated carbocycles. The second-order valence-corrected chi connectivity index (χ2v) is 10.3. The van der Waals surface area contributed by atoms with Crippen LogP contribution in [0.3, 0.4) is 0 Å². The lowest BCUT2D eigenvalue weighted by atomic mass is 9.91. The van der Waals surface area contributed by atoms with Gasteiger partial charge in [-0.3, -0.25) is 9.78 Å². The van der Waals surface area contributed by atoms with Crippen molar-refractivity contribution in [3.05, 3.63) is 30.1 Å². The van der Waals surface area contributed by atoms with E-state index in [1.54, 1.807) is 12.4 Å². The molecule has 1 aliphatic heterocycles. The summed E-state index contributed by atoms with van der Waals surface area (Å²) in [6, 6.07) is 3.85. The van der Waals surface area contributed by atoms with Crippen LogP contribution in [-0.4, -0.2) is 25.9 Å². The van der Waals surface area contributed by atoms with E-state index >= 15 is 0 Å². The number of hydrogen-bond donors (Lipinski definition) is 0. The molecule has 5 heteroatoms. The van der Waals surface area contributed by atoms with Gasteiger partial charge in [0.1, 0.15) is 0 Å². The number of carbonyl (C=O) groups excluding carboxylic acids is 1. The Morgan fingerprint density at radius 2 is 2.26 bits per heavy atom. The highest BCUT2D eigenvalue weighted by molar-refractivity contribution is 6.69. The zero-order valence-electron chi connectivity index (χ0n) is 11.8. The van der Waals surface area contributed by atoms with E-state index in [1.165, 1.54) is 0 Å². The lowest BCUT2D eigenvalue weighted by molar-refractivity contribution is -0.157. The highest BCUT2D eigenvalue weighted by Gasteiger charge is 2.36. The van der Waals surface area contributed by atoms with Crippen molar-refractivity contribution in [3.8, 4) is 0 Å². The molecule has 19 heavy (non-hydrogen) atoms. The summed E-state index contributed by atoms with van der Waals surface area (Å²) >= 11 is 0. The third kappa shape index (κ3) is 3.88. The van der Waals surface area contributed by atoms with Crippen LogP contribution in [0, 0.1) is 5.92 Å². The second-order valence-electron chi connectivity index (χ2n) is 5.85. The minimum atomic E-state index is -1.75. The fourth-order valence-electron chi connectivity index (χ4n) is 2.28. The van der Waals surface area contributed by atoms with Gasteiger partial charge in [-0.15, -0.1) is 0 Å². The molecule has 4 nitrogen and oxygen atoms in total. The van der Waals surface area contributed by atoms with Gasteiger partial charge in [-0.05, 0) is 44.1 Å². The van der Waals surface area contributed by atoms with Gasteiger partial charge in [0.05, 0.1) is 18.6 Å². The Kier molecular flexibility index (Phi) is 4.37. The van der Waals surface area contributed by atoms with Gasteiger partial charge < -0.3 is 9.16 Å². The van der Waals surface area contributed by atoms with E-state index in [2.05, 4.69) is 24.6 Å². The molecule has 1 saturated heterocycles. The van der Waals surface area contributed by atoms with Crippen LogP contribution in [0.1, 0.15) is 24.5 Å². The van der Waals surface area contributed by atoms with Crippen LogP contribution in [0.25, 0.3) is 0 Å². The fourth-order valence-corrected chi connectivity index (χ4v) is 3.35. The van der Waals surface area contributed by atoms with E-state index in [0.29, 0.717) is 6.61 Å². The predicted molar refractivity (Wildman–Crippen MR) is 75.1 cm³/mol. The van der Waals surface area contributed by atoms with E-state index in [9.17, 15) is 4.79 Å². The summed E-state index contributed by atoms with van der Waals surface area (Å²) in [4.78, 5) is 16.1. The SMILES string of the molecule is C[Si](C)(C)OC(c1cccnc1)C1CCCOC1=O. The zero-order valence-corrected chi connectivity index (χ0v) is 12.8. The molecule has 1 aromatic heterocycles. The smallest absolute Gasteiger partial charge is 0.311 e. The molecule has 2 rings (SSSR count). The second kappa shape index (κ2) is 5.84. The van der Waals surface area contributed by atoms with Crippen LogP contribution >= 0.6 is 0 Å². The molecule has 104 valence electrons. The zero-order chi connectivity index (χ0) is 13.9. The van der Waals surface area contributed by atoms with Crippen molar-refractivity contribution >= 4 is 14.3 Å². The molecule has 0 aromatic carbocycles. The lowest BCUT2D eigenvalue weighted by Gasteiger charge is -2.33. The Morgan fingerprint density at radius 3 is 2.84 bits per heavy atom. The number of cyclic esters (lactones) is 1. The van der Waals surface area contributed by atoms with Crippen LogP contribution in [0.4, 0.5) is 0 Å². The first kappa shape index (κ1) is 14.2. The van der Waals surface area contributed by atoms with Crippen LogP contribution in [0.2, 0.25) is 19.6 Å². The highest BCUT2D eigenvalue weighted by Crippen LogP contribution is 2.34. The molecule has 1 aromatic rings. The first-order valence-electron chi connectivity index (χ1n) is 6.72. The molecule has 0 amide bonds. The molecule has 1 aliphatic rings. The molecule has 0 N–H and O–H groups in total. The molecule has 0 bridgehead atoms. The monoisotopic (exact) mass is 279 g/mol. The van der Waals surface area contributed by atoms with Gasteiger partial charge in [0.2, 0.25) is 0 Å². The summed E-state index contributed by atoms with van der Waals surface area (Å²) in [7, 11) is -1.75. The fraction of sp³-hybridized carbons (Fsp3) is 0.571. The van der Waals surface area contributed by atoms with Gasteiger partial charge >= 0.3 is 5.97 Å². The van der Waals surface area contributed by atoms with E-state index in [1.807, 2.05) is 12.1 Å². The van der Waals surface area contributed by atoms with E-state index in [0.717, 1.165) is 18.4 Å². The first-order valence-corrected chi connectivity index (χ1v) is 10.1. The third-order valence-electron chi connectivity index (χ3n) is 3.07. The summed E-state index contributed by atoms with van der Waals surface area (Å²) in [5.74, 6) is -0.344. The Balaban J connectivity index is 2.26. The summed E-state index contributed by atoms with van der Waals surface area (Å²) < 4.78 is 11.4. The lowest BCUT2D eigenvalue weighted by Crippen LogP contribution is -2.36. The number of ether oxygens (including phenoxy) is 1. The molecule has 0 aliphatic carbocycles. The number of hydrogen-bond acceptors (Lipinski definition) is 4. The van der Waals surface area contributed by atoms with Gasteiger partial charge in [-0.2, -0.15) is 0 Å². The number of carbonyl (C=O) groups is 1. The number of pyridine rings is 1. The largest absolute Gasteiger partial charge is 0.465 e. The Labute approximate surface area is 115 Å². The topological polar surface area (TPSA) is 48.4 Å². The Bertz CT molecular complexity index is 430. The quantitative estimate of drug-likeness (QED) is 0.628. The summed E-state index contributed by atoms with van der Waals surface area (Å²) in [5.41, 5.74) is 0.966. The van der Waals surface area contributed by atoms with Crippen molar-refractivity contribution in [1.29, 1.82) is 0 Å². The van der Waals surface area contributed by atoms with Crippen LogP contribution < -0.4 is 0 Å². The third-order valence-corrected chi connectivity index (χ3v) is 4.03. The summed E-state index contributed by atoms with van der Waals surface area (Å²) in [6.07, 6.45) is 5.01. The van der Waals surface area contributed by atoms with E-state index in [-0.39, 0.29) is 18.0 Å². The Morgan fingerprint density at radius 1 is 1.47 bits per heavy atom. The van der Waals surface area contributed by atoms with Crippen molar-refractivity contribution in [2.45, 2.75) is 38.6 Å².